The number of rotatable bonds is 4. The largest absolute Gasteiger partial charge is 0.308 e. The van der Waals surface area contributed by atoms with Crippen molar-refractivity contribution in [2.24, 2.45) is 0 Å². The number of Topliss-reactive ketones (excluding diaryl/α,β-unsaturated/α-hetero) is 1. The van der Waals surface area contributed by atoms with Gasteiger partial charge in [-0.1, -0.05) is 0 Å². The van der Waals surface area contributed by atoms with Crippen LogP contribution in [0.15, 0.2) is 15.9 Å². The van der Waals surface area contributed by atoms with E-state index in [4.69, 9.17) is 0 Å². The highest BCUT2D eigenvalue weighted by atomic mass is 79.9. The van der Waals surface area contributed by atoms with E-state index < -0.39 is 5.54 Å². The normalized spacial score (nSPS) is 11.7. The van der Waals surface area contributed by atoms with E-state index in [1.165, 1.54) is 0 Å². The Morgan fingerprint density at radius 2 is 2.29 bits per heavy atom. The average Bonchev–Trinajstić information content (AvgIpc) is 2.51. The summed E-state index contributed by atoms with van der Waals surface area (Å²) in [6.07, 6.45) is 0.504. The minimum atomic E-state index is -0.434. The standard InChI is InChI=1S/C10H14BrNOS/c1-10(2,12-3)9(13)5-8-4-7(11)6-14-8/h4,6,12H,5H2,1-3H3. The summed E-state index contributed by atoms with van der Waals surface area (Å²) in [5, 5.41) is 5.01. The summed E-state index contributed by atoms with van der Waals surface area (Å²) >= 11 is 4.98. The Morgan fingerprint density at radius 1 is 1.64 bits per heavy atom. The molecule has 1 aromatic rings. The van der Waals surface area contributed by atoms with Crippen molar-refractivity contribution in [3.8, 4) is 0 Å². The zero-order valence-electron chi connectivity index (χ0n) is 8.56. The first-order valence-corrected chi connectivity index (χ1v) is 6.08. The molecule has 0 atom stereocenters. The van der Waals surface area contributed by atoms with Crippen LogP contribution in [0, 0.1) is 0 Å². The van der Waals surface area contributed by atoms with Crippen LogP contribution < -0.4 is 5.32 Å². The van der Waals surface area contributed by atoms with Gasteiger partial charge in [0.1, 0.15) is 0 Å². The van der Waals surface area contributed by atoms with E-state index in [-0.39, 0.29) is 5.78 Å². The van der Waals surface area contributed by atoms with Crippen LogP contribution >= 0.6 is 27.3 Å². The smallest absolute Gasteiger partial charge is 0.157 e. The number of hydrogen-bond acceptors (Lipinski definition) is 3. The molecule has 2 nitrogen and oxygen atoms in total. The van der Waals surface area contributed by atoms with Crippen LogP contribution in [0.4, 0.5) is 0 Å². The molecule has 0 saturated carbocycles. The van der Waals surface area contributed by atoms with Gasteiger partial charge in [0.25, 0.3) is 0 Å². The first-order valence-electron chi connectivity index (χ1n) is 4.41. The van der Waals surface area contributed by atoms with E-state index in [2.05, 4.69) is 21.2 Å². The van der Waals surface area contributed by atoms with Gasteiger partial charge in [0.05, 0.1) is 5.54 Å². The van der Waals surface area contributed by atoms with E-state index in [9.17, 15) is 4.79 Å². The number of ketones is 1. The fourth-order valence-electron chi connectivity index (χ4n) is 0.965. The summed E-state index contributed by atoms with van der Waals surface area (Å²) in [6, 6.07) is 1.99. The lowest BCUT2D eigenvalue weighted by molar-refractivity contribution is -0.123. The van der Waals surface area contributed by atoms with Gasteiger partial charge in [-0.25, -0.2) is 0 Å². The Hall–Kier alpha value is -0.190. The molecule has 0 saturated heterocycles. The van der Waals surface area contributed by atoms with Crippen LogP contribution in [0.25, 0.3) is 0 Å². The third-order valence-electron chi connectivity index (χ3n) is 2.28. The number of thiophene rings is 1. The fraction of sp³-hybridized carbons (Fsp3) is 0.500. The number of carbonyl (C=O) groups is 1. The van der Waals surface area contributed by atoms with Crippen LogP contribution in [-0.2, 0) is 11.2 Å². The highest BCUT2D eigenvalue weighted by Crippen LogP contribution is 2.21. The van der Waals surface area contributed by atoms with E-state index in [1.807, 2.05) is 32.3 Å². The van der Waals surface area contributed by atoms with Crippen molar-refractivity contribution in [2.45, 2.75) is 25.8 Å². The molecule has 1 aromatic heterocycles. The van der Waals surface area contributed by atoms with Crippen molar-refractivity contribution in [1.82, 2.24) is 5.32 Å². The molecule has 14 heavy (non-hydrogen) atoms. The Morgan fingerprint density at radius 3 is 2.71 bits per heavy atom. The Bertz CT molecular complexity index is 333. The van der Waals surface area contributed by atoms with Crippen molar-refractivity contribution in [1.29, 1.82) is 0 Å². The molecule has 0 aliphatic carbocycles. The van der Waals surface area contributed by atoms with Gasteiger partial charge in [0.2, 0.25) is 0 Å². The molecule has 78 valence electrons. The maximum Gasteiger partial charge on any atom is 0.157 e. The third kappa shape index (κ3) is 2.90. The third-order valence-corrected chi connectivity index (χ3v) is 3.98. The van der Waals surface area contributed by atoms with Crippen molar-refractivity contribution in [3.05, 3.63) is 20.8 Å². The van der Waals surface area contributed by atoms with Gasteiger partial charge in [0.15, 0.2) is 5.78 Å². The molecule has 0 fully saturated rings. The van der Waals surface area contributed by atoms with Gasteiger partial charge in [-0.2, -0.15) is 0 Å². The number of likely N-dealkylation sites (N-methyl/N-ethyl adjacent to an activating group) is 1. The van der Waals surface area contributed by atoms with Gasteiger partial charge in [-0.15, -0.1) is 11.3 Å². The predicted molar refractivity (Wildman–Crippen MR) is 63.9 cm³/mol. The SMILES string of the molecule is CNC(C)(C)C(=O)Cc1cc(Br)cs1. The molecule has 1 N–H and O–H groups in total. The summed E-state index contributed by atoms with van der Waals surface area (Å²) in [6.45, 7) is 3.80. The first kappa shape index (κ1) is 11.9. The van der Waals surface area contributed by atoms with E-state index in [0.29, 0.717) is 6.42 Å². The molecule has 1 rings (SSSR count). The van der Waals surface area contributed by atoms with Crippen LogP contribution in [0.3, 0.4) is 0 Å². The zero-order chi connectivity index (χ0) is 10.8. The quantitative estimate of drug-likeness (QED) is 0.916. The van der Waals surface area contributed by atoms with Crippen molar-refractivity contribution >= 4 is 33.0 Å². The number of hydrogen-bond donors (Lipinski definition) is 1. The molecule has 0 aromatic carbocycles. The molecular formula is C10H14BrNOS. The minimum Gasteiger partial charge on any atom is -0.308 e. The first-order chi connectivity index (χ1) is 6.45. The van der Waals surface area contributed by atoms with Gasteiger partial charge in [0, 0.05) is 21.2 Å². The number of halogens is 1. The Labute approximate surface area is 96.8 Å². The number of carbonyl (C=O) groups excluding carboxylic acids is 1. The molecule has 0 bridgehead atoms. The fourth-order valence-corrected chi connectivity index (χ4v) is 2.41. The van der Waals surface area contributed by atoms with Crippen LogP contribution in [0.1, 0.15) is 18.7 Å². The minimum absolute atomic E-state index is 0.217. The van der Waals surface area contributed by atoms with E-state index in [1.54, 1.807) is 11.3 Å². The lowest BCUT2D eigenvalue weighted by Crippen LogP contribution is -2.45. The predicted octanol–water partition coefficient (Wildman–Crippen LogP) is 2.62. The highest BCUT2D eigenvalue weighted by molar-refractivity contribution is 9.10. The maximum atomic E-state index is 11.8. The van der Waals surface area contributed by atoms with Gasteiger partial charge in [-0.05, 0) is 42.9 Å². The second-order valence-corrected chi connectivity index (χ2v) is 5.62. The maximum absolute atomic E-state index is 11.8. The summed E-state index contributed by atoms with van der Waals surface area (Å²) in [4.78, 5) is 12.9. The van der Waals surface area contributed by atoms with Crippen molar-refractivity contribution in [2.75, 3.05) is 7.05 Å². The molecule has 0 spiro atoms. The Kier molecular flexibility index (Phi) is 3.86. The highest BCUT2D eigenvalue weighted by Gasteiger charge is 2.25. The molecule has 0 aliphatic rings. The topological polar surface area (TPSA) is 29.1 Å². The summed E-state index contributed by atoms with van der Waals surface area (Å²) in [5.41, 5.74) is -0.434. The lowest BCUT2D eigenvalue weighted by atomic mass is 9.96. The molecular weight excluding hydrogens is 262 g/mol. The van der Waals surface area contributed by atoms with Gasteiger partial charge in [-0.3, -0.25) is 4.79 Å². The van der Waals surface area contributed by atoms with Gasteiger partial charge >= 0.3 is 0 Å². The number of nitrogens with one attached hydrogen (secondary N) is 1. The summed E-state index contributed by atoms with van der Waals surface area (Å²) in [5.74, 6) is 0.217. The van der Waals surface area contributed by atoms with E-state index >= 15 is 0 Å². The summed E-state index contributed by atoms with van der Waals surface area (Å²) in [7, 11) is 1.81. The monoisotopic (exact) mass is 275 g/mol. The Balaban J connectivity index is 2.66. The van der Waals surface area contributed by atoms with Crippen molar-refractivity contribution < 1.29 is 4.79 Å². The molecule has 1 heterocycles. The lowest BCUT2D eigenvalue weighted by Gasteiger charge is -2.21. The van der Waals surface area contributed by atoms with Crippen LogP contribution in [0.2, 0.25) is 0 Å². The van der Waals surface area contributed by atoms with Crippen molar-refractivity contribution in [3.63, 3.8) is 0 Å². The van der Waals surface area contributed by atoms with Crippen LogP contribution in [-0.4, -0.2) is 18.4 Å². The molecule has 0 radical (unpaired) electrons. The van der Waals surface area contributed by atoms with Crippen LogP contribution in [0.5, 0.6) is 0 Å². The molecule has 0 unspecified atom stereocenters. The molecule has 0 aliphatic heterocycles. The second kappa shape index (κ2) is 4.55. The zero-order valence-corrected chi connectivity index (χ0v) is 11.0. The molecule has 0 amide bonds. The second-order valence-electron chi connectivity index (χ2n) is 3.71. The van der Waals surface area contributed by atoms with Gasteiger partial charge < -0.3 is 5.32 Å². The van der Waals surface area contributed by atoms with E-state index in [0.717, 1.165) is 9.35 Å². The molecule has 4 heteroatoms. The average molecular weight is 276 g/mol. The summed E-state index contributed by atoms with van der Waals surface area (Å²) < 4.78 is 1.05.